The van der Waals surface area contributed by atoms with Gasteiger partial charge in [-0.05, 0) is 24.1 Å². The summed E-state index contributed by atoms with van der Waals surface area (Å²) in [5.41, 5.74) is 0.390. The molecule has 0 aromatic heterocycles. The number of carboxylic acids is 2. The number of aliphatic carboxylic acids is 2. The fourth-order valence-electron chi connectivity index (χ4n) is 1.63. The van der Waals surface area contributed by atoms with Crippen molar-refractivity contribution in [2.75, 3.05) is 0 Å². The monoisotopic (exact) mass is 333 g/mol. The number of hydrogen-bond acceptors (Lipinski definition) is 3. The molecule has 1 unspecified atom stereocenters. The SMILES string of the molecule is O=C(O)CCC(NC(=O)Cc1c(Cl)cccc1Cl)C(=O)O. The second kappa shape index (κ2) is 7.85. The number of hydrogen-bond donors (Lipinski definition) is 3. The van der Waals surface area contributed by atoms with E-state index in [1.54, 1.807) is 18.2 Å². The second-order valence-electron chi connectivity index (χ2n) is 4.27. The Balaban J connectivity index is 2.70. The predicted octanol–water partition coefficient (Wildman–Crippen LogP) is 1.97. The van der Waals surface area contributed by atoms with Crippen molar-refractivity contribution in [1.29, 1.82) is 0 Å². The van der Waals surface area contributed by atoms with E-state index >= 15 is 0 Å². The number of carbonyl (C=O) groups excluding carboxylic acids is 1. The Morgan fingerprint density at radius 1 is 1.14 bits per heavy atom. The molecule has 0 saturated heterocycles. The molecule has 1 aromatic rings. The Kier molecular flexibility index (Phi) is 6.45. The molecule has 0 radical (unpaired) electrons. The van der Waals surface area contributed by atoms with E-state index in [2.05, 4.69) is 5.32 Å². The molecule has 114 valence electrons. The number of benzene rings is 1. The summed E-state index contributed by atoms with van der Waals surface area (Å²) in [4.78, 5) is 33.3. The van der Waals surface area contributed by atoms with E-state index in [9.17, 15) is 14.4 Å². The van der Waals surface area contributed by atoms with Crippen LogP contribution in [0.2, 0.25) is 10.0 Å². The molecule has 0 spiro atoms. The minimum atomic E-state index is -1.30. The fraction of sp³-hybridized carbons (Fsp3) is 0.308. The van der Waals surface area contributed by atoms with Gasteiger partial charge in [0.2, 0.25) is 5.91 Å². The third-order valence-corrected chi connectivity index (χ3v) is 3.39. The van der Waals surface area contributed by atoms with E-state index in [1.807, 2.05) is 0 Å². The molecule has 0 fully saturated rings. The van der Waals surface area contributed by atoms with Gasteiger partial charge in [0, 0.05) is 16.5 Å². The maximum Gasteiger partial charge on any atom is 0.326 e. The molecule has 3 N–H and O–H groups in total. The Labute approximate surface area is 130 Å². The normalized spacial score (nSPS) is 11.7. The van der Waals surface area contributed by atoms with E-state index in [4.69, 9.17) is 33.4 Å². The number of amides is 1. The van der Waals surface area contributed by atoms with Crippen LogP contribution in [-0.4, -0.2) is 34.1 Å². The number of halogens is 2. The van der Waals surface area contributed by atoms with Gasteiger partial charge in [-0.15, -0.1) is 0 Å². The lowest BCUT2D eigenvalue weighted by Crippen LogP contribution is -2.41. The molecular formula is C13H13Cl2NO5. The molecule has 1 atom stereocenters. The molecule has 0 saturated carbocycles. The van der Waals surface area contributed by atoms with Crippen molar-refractivity contribution < 1.29 is 24.6 Å². The molecule has 0 heterocycles. The lowest BCUT2D eigenvalue weighted by molar-refractivity contribution is -0.143. The maximum absolute atomic E-state index is 11.8. The molecule has 8 heteroatoms. The van der Waals surface area contributed by atoms with Crippen LogP contribution in [0.1, 0.15) is 18.4 Å². The molecule has 1 aromatic carbocycles. The topological polar surface area (TPSA) is 104 Å². The quantitative estimate of drug-likeness (QED) is 0.707. The summed E-state index contributed by atoms with van der Waals surface area (Å²) >= 11 is 11.8. The summed E-state index contributed by atoms with van der Waals surface area (Å²) in [5, 5.41) is 20.4. The van der Waals surface area contributed by atoms with Crippen molar-refractivity contribution in [2.45, 2.75) is 25.3 Å². The lowest BCUT2D eigenvalue weighted by atomic mass is 10.1. The molecular weight excluding hydrogens is 321 g/mol. The summed E-state index contributed by atoms with van der Waals surface area (Å²) in [6.07, 6.45) is -0.744. The maximum atomic E-state index is 11.8. The zero-order valence-electron chi connectivity index (χ0n) is 10.8. The van der Waals surface area contributed by atoms with Crippen molar-refractivity contribution in [3.8, 4) is 0 Å². The first-order valence-corrected chi connectivity index (χ1v) is 6.73. The highest BCUT2D eigenvalue weighted by molar-refractivity contribution is 6.36. The predicted molar refractivity (Wildman–Crippen MR) is 76.6 cm³/mol. The van der Waals surface area contributed by atoms with Crippen LogP contribution in [0, 0.1) is 0 Å². The standard InChI is InChI=1S/C13H13Cl2NO5/c14-8-2-1-3-9(15)7(8)6-11(17)16-10(13(20)21)4-5-12(18)19/h1-3,10H,4-6H2,(H,16,17)(H,18,19)(H,20,21). The van der Waals surface area contributed by atoms with Crippen molar-refractivity contribution in [3.05, 3.63) is 33.8 Å². The van der Waals surface area contributed by atoms with E-state index in [0.717, 1.165) is 0 Å². The summed E-state index contributed by atoms with van der Waals surface area (Å²) in [5.74, 6) is -3.03. The zero-order chi connectivity index (χ0) is 16.0. The molecule has 6 nitrogen and oxygen atoms in total. The van der Waals surface area contributed by atoms with Crippen LogP contribution in [-0.2, 0) is 20.8 Å². The first-order valence-electron chi connectivity index (χ1n) is 5.98. The summed E-state index contributed by atoms with van der Waals surface area (Å²) in [7, 11) is 0. The smallest absolute Gasteiger partial charge is 0.326 e. The lowest BCUT2D eigenvalue weighted by Gasteiger charge is -2.14. The van der Waals surface area contributed by atoms with Crippen molar-refractivity contribution >= 4 is 41.0 Å². The number of carboxylic acid groups (broad SMARTS) is 2. The molecule has 0 aliphatic carbocycles. The summed E-state index contributed by atoms with van der Waals surface area (Å²) in [6, 6.07) is 3.48. The first kappa shape index (κ1) is 17.3. The van der Waals surface area contributed by atoms with E-state index in [-0.39, 0.29) is 19.3 Å². The molecule has 0 aliphatic rings. The van der Waals surface area contributed by atoms with Gasteiger partial charge in [-0.3, -0.25) is 9.59 Å². The van der Waals surface area contributed by atoms with Crippen LogP contribution in [0.3, 0.4) is 0 Å². The fourth-order valence-corrected chi connectivity index (χ4v) is 2.16. The summed E-state index contributed by atoms with van der Waals surface area (Å²) < 4.78 is 0. The number of carbonyl (C=O) groups is 3. The minimum absolute atomic E-state index is 0.185. The van der Waals surface area contributed by atoms with Crippen LogP contribution in [0.4, 0.5) is 0 Å². The van der Waals surface area contributed by atoms with Crippen molar-refractivity contribution in [2.24, 2.45) is 0 Å². The third kappa shape index (κ3) is 5.61. The minimum Gasteiger partial charge on any atom is -0.481 e. The Morgan fingerprint density at radius 2 is 1.71 bits per heavy atom. The Bertz CT molecular complexity index is 541. The van der Waals surface area contributed by atoms with E-state index < -0.39 is 23.9 Å². The van der Waals surface area contributed by atoms with Gasteiger partial charge in [0.05, 0.1) is 6.42 Å². The molecule has 1 amide bonds. The first-order chi connectivity index (χ1) is 9.81. The molecule has 0 aliphatic heterocycles. The van der Waals surface area contributed by atoms with Crippen LogP contribution >= 0.6 is 23.2 Å². The average Bonchev–Trinajstić information content (AvgIpc) is 2.38. The average molecular weight is 334 g/mol. The van der Waals surface area contributed by atoms with Gasteiger partial charge in [-0.1, -0.05) is 29.3 Å². The Hall–Kier alpha value is -1.79. The van der Waals surface area contributed by atoms with E-state index in [0.29, 0.717) is 15.6 Å². The van der Waals surface area contributed by atoms with Crippen LogP contribution in [0.25, 0.3) is 0 Å². The van der Waals surface area contributed by atoms with Gasteiger partial charge in [-0.2, -0.15) is 0 Å². The zero-order valence-corrected chi connectivity index (χ0v) is 12.3. The van der Waals surface area contributed by atoms with Gasteiger partial charge >= 0.3 is 11.9 Å². The van der Waals surface area contributed by atoms with Crippen LogP contribution in [0.5, 0.6) is 0 Å². The number of rotatable bonds is 7. The van der Waals surface area contributed by atoms with Crippen LogP contribution in [0.15, 0.2) is 18.2 Å². The highest BCUT2D eigenvalue weighted by Gasteiger charge is 2.21. The molecule has 21 heavy (non-hydrogen) atoms. The van der Waals surface area contributed by atoms with Crippen LogP contribution < -0.4 is 5.32 Å². The van der Waals surface area contributed by atoms with Gasteiger partial charge in [0.1, 0.15) is 6.04 Å². The van der Waals surface area contributed by atoms with Crippen molar-refractivity contribution in [1.82, 2.24) is 5.32 Å². The van der Waals surface area contributed by atoms with Gasteiger partial charge in [-0.25, -0.2) is 4.79 Å². The van der Waals surface area contributed by atoms with Crippen molar-refractivity contribution in [3.63, 3.8) is 0 Å². The summed E-state index contributed by atoms with van der Waals surface area (Å²) in [6.45, 7) is 0. The Morgan fingerprint density at radius 3 is 2.19 bits per heavy atom. The van der Waals surface area contributed by atoms with Gasteiger partial charge in [0.25, 0.3) is 0 Å². The van der Waals surface area contributed by atoms with Gasteiger partial charge < -0.3 is 15.5 Å². The largest absolute Gasteiger partial charge is 0.481 e. The highest BCUT2D eigenvalue weighted by Crippen LogP contribution is 2.24. The van der Waals surface area contributed by atoms with Gasteiger partial charge in [0.15, 0.2) is 0 Å². The highest BCUT2D eigenvalue weighted by atomic mass is 35.5. The molecule has 0 bridgehead atoms. The van der Waals surface area contributed by atoms with E-state index in [1.165, 1.54) is 0 Å². The number of nitrogens with one attached hydrogen (secondary N) is 1. The second-order valence-corrected chi connectivity index (χ2v) is 5.08. The third-order valence-electron chi connectivity index (χ3n) is 2.68. The molecule has 1 rings (SSSR count).